The van der Waals surface area contributed by atoms with Gasteiger partial charge >= 0.3 is 0 Å². The highest BCUT2D eigenvalue weighted by atomic mass is 16.5. The molecule has 122 valence electrons. The van der Waals surface area contributed by atoms with Gasteiger partial charge in [-0.05, 0) is 49.3 Å². The summed E-state index contributed by atoms with van der Waals surface area (Å²) in [6.45, 7) is 3.53. The van der Waals surface area contributed by atoms with E-state index in [1.54, 1.807) is 6.33 Å². The van der Waals surface area contributed by atoms with E-state index in [4.69, 9.17) is 4.74 Å². The maximum atomic E-state index is 12.8. The molecule has 5 nitrogen and oxygen atoms in total. The highest BCUT2D eigenvalue weighted by Crippen LogP contribution is 2.31. The fourth-order valence-electron chi connectivity index (χ4n) is 4.00. The minimum Gasteiger partial charge on any atom is -0.381 e. The molecule has 0 bridgehead atoms. The van der Waals surface area contributed by atoms with E-state index in [0.717, 1.165) is 68.1 Å². The maximum Gasteiger partial charge on any atom is 0.253 e. The van der Waals surface area contributed by atoms with Crippen molar-refractivity contribution < 1.29 is 9.53 Å². The summed E-state index contributed by atoms with van der Waals surface area (Å²) >= 11 is 0. The molecular weight excluding hydrogens is 290 g/mol. The summed E-state index contributed by atoms with van der Waals surface area (Å²) in [6.07, 6.45) is 5.21. The lowest BCUT2D eigenvalue weighted by Crippen LogP contribution is -2.31. The smallest absolute Gasteiger partial charge is 0.253 e. The van der Waals surface area contributed by atoms with Gasteiger partial charge in [0.05, 0.1) is 17.4 Å². The summed E-state index contributed by atoms with van der Waals surface area (Å²) in [5.74, 6) is 1.51. The van der Waals surface area contributed by atoms with Crippen LogP contribution < -0.4 is 0 Å². The van der Waals surface area contributed by atoms with Gasteiger partial charge in [0.15, 0.2) is 0 Å². The molecule has 0 spiro atoms. The zero-order chi connectivity index (χ0) is 15.8. The summed E-state index contributed by atoms with van der Waals surface area (Å²) in [5.41, 5.74) is 2.70. The Hall–Kier alpha value is -1.88. The summed E-state index contributed by atoms with van der Waals surface area (Å²) < 4.78 is 7.43. The normalized spacial score (nSPS) is 22.8. The Morgan fingerprint density at radius 3 is 2.87 bits per heavy atom. The predicted octanol–water partition coefficient (Wildman–Crippen LogP) is 2.46. The van der Waals surface area contributed by atoms with Crippen LogP contribution in [0, 0.1) is 11.8 Å². The monoisotopic (exact) mass is 313 g/mol. The van der Waals surface area contributed by atoms with Gasteiger partial charge in [-0.3, -0.25) is 4.79 Å². The van der Waals surface area contributed by atoms with Gasteiger partial charge in [-0.1, -0.05) is 0 Å². The SMILES string of the molecule is Cn1cnc2cc(C(=O)N3CCC(C4CCOCC4)C3)ccc21. The first-order chi connectivity index (χ1) is 11.2. The van der Waals surface area contributed by atoms with Gasteiger partial charge in [0.2, 0.25) is 0 Å². The van der Waals surface area contributed by atoms with E-state index in [2.05, 4.69) is 4.98 Å². The van der Waals surface area contributed by atoms with E-state index in [1.807, 2.05) is 34.7 Å². The molecule has 23 heavy (non-hydrogen) atoms. The van der Waals surface area contributed by atoms with Crippen LogP contribution in [0.1, 0.15) is 29.6 Å². The van der Waals surface area contributed by atoms with E-state index < -0.39 is 0 Å². The number of likely N-dealkylation sites (tertiary alicyclic amines) is 1. The van der Waals surface area contributed by atoms with Crippen LogP contribution >= 0.6 is 0 Å². The molecule has 1 aromatic carbocycles. The van der Waals surface area contributed by atoms with Gasteiger partial charge in [0.25, 0.3) is 5.91 Å². The summed E-state index contributed by atoms with van der Waals surface area (Å²) in [7, 11) is 1.97. The number of imidazole rings is 1. The number of aromatic nitrogens is 2. The number of rotatable bonds is 2. The Bertz CT molecular complexity index is 718. The minimum atomic E-state index is 0.145. The average molecular weight is 313 g/mol. The van der Waals surface area contributed by atoms with Crippen molar-refractivity contribution in [1.82, 2.24) is 14.5 Å². The van der Waals surface area contributed by atoms with Gasteiger partial charge < -0.3 is 14.2 Å². The van der Waals surface area contributed by atoms with E-state index >= 15 is 0 Å². The predicted molar refractivity (Wildman–Crippen MR) is 88.3 cm³/mol. The second kappa shape index (κ2) is 5.96. The lowest BCUT2D eigenvalue weighted by Gasteiger charge is -2.27. The number of hydrogen-bond donors (Lipinski definition) is 0. The number of aryl methyl sites for hydroxylation is 1. The molecule has 5 heteroatoms. The molecule has 1 atom stereocenters. The number of carbonyl (C=O) groups is 1. The van der Waals surface area contributed by atoms with Gasteiger partial charge in [-0.2, -0.15) is 0 Å². The molecule has 2 aliphatic rings. The fraction of sp³-hybridized carbons (Fsp3) is 0.556. The number of carbonyl (C=O) groups excluding carboxylic acids is 1. The molecule has 2 aliphatic heterocycles. The number of fused-ring (bicyclic) bond motifs is 1. The molecule has 3 heterocycles. The Morgan fingerprint density at radius 1 is 1.22 bits per heavy atom. The Morgan fingerprint density at radius 2 is 2.04 bits per heavy atom. The quantitative estimate of drug-likeness (QED) is 0.855. The van der Waals surface area contributed by atoms with Crippen molar-refractivity contribution in [3.05, 3.63) is 30.1 Å². The van der Waals surface area contributed by atoms with Gasteiger partial charge in [0, 0.05) is 38.9 Å². The standard InChI is InChI=1S/C18H23N3O2/c1-20-12-19-16-10-14(2-3-17(16)20)18(22)21-7-4-15(11-21)13-5-8-23-9-6-13/h2-3,10,12-13,15H,4-9,11H2,1H3. The van der Waals surface area contributed by atoms with Crippen LogP contribution in [0.2, 0.25) is 0 Å². The highest BCUT2D eigenvalue weighted by molar-refractivity contribution is 5.97. The molecule has 0 aliphatic carbocycles. The third-order valence-electron chi connectivity index (χ3n) is 5.42. The topological polar surface area (TPSA) is 47.4 Å². The van der Waals surface area contributed by atoms with Crippen molar-refractivity contribution >= 4 is 16.9 Å². The van der Waals surface area contributed by atoms with Crippen molar-refractivity contribution in [3.8, 4) is 0 Å². The second-order valence-electron chi connectivity index (χ2n) is 6.81. The Balaban J connectivity index is 1.47. The summed E-state index contributed by atoms with van der Waals surface area (Å²) in [5, 5.41) is 0. The fourth-order valence-corrected chi connectivity index (χ4v) is 4.00. The molecular formula is C18H23N3O2. The van der Waals surface area contributed by atoms with Crippen LogP contribution in [-0.4, -0.2) is 46.7 Å². The van der Waals surface area contributed by atoms with Crippen molar-refractivity contribution in [2.24, 2.45) is 18.9 Å². The van der Waals surface area contributed by atoms with Crippen LogP contribution in [0.25, 0.3) is 11.0 Å². The van der Waals surface area contributed by atoms with Crippen molar-refractivity contribution in [2.75, 3.05) is 26.3 Å². The maximum absolute atomic E-state index is 12.8. The molecule has 1 unspecified atom stereocenters. The number of benzene rings is 1. The first-order valence-electron chi connectivity index (χ1n) is 8.50. The third-order valence-corrected chi connectivity index (χ3v) is 5.42. The van der Waals surface area contributed by atoms with E-state index in [1.165, 1.54) is 0 Å². The van der Waals surface area contributed by atoms with Crippen LogP contribution in [0.4, 0.5) is 0 Å². The average Bonchev–Trinajstić information content (AvgIpc) is 3.22. The van der Waals surface area contributed by atoms with Crippen molar-refractivity contribution in [2.45, 2.75) is 19.3 Å². The van der Waals surface area contributed by atoms with Gasteiger partial charge in [-0.15, -0.1) is 0 Å². The summed E-state index contributed by atoms with van der Waals surface area (Å²) in [6, 6.07) is 5.83. The Labute approximate surface area is 136 Å². The number of ether oxygens (including phenoxy) is 1. The molecule has 1 amide bonds. The van der Waals surface area contributed by atoms with Crippen LogP contribution in [0.3, 0.4) is 0 Å². The molecule has 2 saturated heterocycles. The van der Waals surface area contributed by atoms with Crippen molar-refractivity contribution in [3.63, 3.8) is 0 Å². The molecule has 2 fully saturated rings. The zero-order valence-electron chi connectivity index (χ0n) is 13.6. The van der Waals surface area contributed by atoms with Gasteiger partial charge in [0.1, 0.15) is 0 Å². The van der Waals surface area contributed by atoms with Crippen molar-refractivity contribution in [1.29, 1.82) is 0 Å². The lowest BCUT2D eigenvalue weighted by atomic mass is 9.85. The number of nitrogens with zero attached hydrogens (tertiary/aromatic N) is 3. The molecule has 0 N–H and O–H groups in total. The minimum absolute atomic E-state index is 0.145. The third kappa shape index (κ3) is 2.74. The van der Waals surface area contributed by atoms with E-state index in [0.29, 0.717) is 5.92 Å². The highest BCUT2D eigenvalue weighted by Gasteiger charge is 2.33. The molecule has 4 rings (SSSR count). The summed E-state index contributed by atoms with van der Waals surface area (Å²) in [4.78, 5) is 19.2. The van der Waals surface area contributed by atoms with Gasteiger partial charge in [-0.25, -0.2) is 4.98 Å². The first-order valence-corrected chi connectivity index (χ1v) is 8.50. The largest absolute Gasteiger partial charge is 0.381 e. The molecule has 1 aromatic heterocycles. The van der Waals surface area contributed by atoms with E-state index in [9.17, 15) is 4.79 Å². The molecule has 0 radical (unpaired) electrons. The molecule has 0 saturated carbocycles. The van der Waals surface area contributed by atoms with Crippen LogP contribution in [0.5, 0.6) is 0 Å². The molecule has 2 aromatic rings. The number of hydrogen-bond acceptors (Lipinski definition) is 3. The first kappa shape index (κ1) is 14.7. The zero-order valence-corrected chi connectivity index (χ0v) is 13.6. The van der Waals surface area contributed by atoms with E-state index in [-0.39, 0.29) is 5.91 Å². The Kier molecular flexibility index (Phi) is 3.81. The van der Waals surface area contributed by atoms with Crippen LogP contribution in [-0.2, 0) is 11.8 Å². The second-order valence-corrected chi connectivity index (χ2v) is 6.81. The number of amides is 1. The van der Waals surface area contributed by atoms with Crippen LogP contribution in [0.15, 0.2) is 24.5 Å². The lowest BCUT2D eigenvalue weighted by molar-refractivity contribution is 0.0471.